The van der Waals surface area contributed by atoms with E-state index in [1.165, 1.54) is 17.0 Å². The molecule has 1 aliphatic rings. The van der Waals surface area contributed by atoms with E-state index in [2.05, 4.69) is 4.72 Å². The average molecular weight is 312 g/mol. The number of carbonyl (C=O) groups is 1. The second-order valence-corrected chi connectivity index (χ2v) is 6.83. The lowest BCUT2D eigenvalue weighted by molar-refractivity contribution is -0.118. The van der Waals surface area contributed by atoms with Crippen LogP contribution in [0.2, 0.25) is 0 Å². The maximum atomic E-state index is 12.3. The van der Waals surface area contributed by atoms with Crippen LogP contribution < -0.4 is 14.4 Å². The summed E-state index contributed by atoms with van der Waals surface area (Å²) in [4.78, 5) is 13.4. The molecule has 1 aromatic rings. The van der Waals surface area contributed by atoms with E-state index >= 15 is 0 Å². The summed E-state index contributed by atoms with van der Waals surface area (Å²) in [7, 11) is -1.98. The van der Waals surface area contributed by atoms with Gasteiger partial charge < -0.3 is 9.64 Å². The summed E-state index contributed by atoms with van der Waals surface area (Å²) in [5.74, 6) is 0.420. The number of carbonyl (C=O) groups excluding carboxylic acids is 1. The minimum absolute atomic E-state index is 0.0989. The van der Waals surface area contributed by atoms with Crippen molar-refractivity contribution in [2.45, 2.75) is 37.6 Å². The van der Waals surface area contributed by atoms with Crippen molar-refractivity contribution < 1.29 is 17.9 Å². The Kier molecular flexibility index (Phi) is 4.53. The van der Waals surface area contributed by atoms with Crippen molar-refractivity contribution in [1.29, 1.82) is 0 Å². The Morgan fingerprint density at radius 2 is 2.14 bits per heavy atom. The van der Waals surface area contributed by atoms with Crippen molar-refractivity contribution >= 4 is 21.6 Å². The smallest absolute Gasteiger partial charge is 0.240 e. The Balaban J connectivity index is 2.40. The predicted molar refractivity (Wildman–Crippen MR) is 80.0 cm³/mol. The third kappa shape index (κ3) is 3.36. The molecule has 1 N–H and O–H groups in total. The standard InChI is InChI=1S/C14H20N2O4S/c1-4-10(2)15-21(18,19)11-5-6-13-12(9-11)16(3)14(17)7-8-20-13/h5-6,9-10,15H,4,7-8H2,1-3H3. The first-order chi connectivity index (χ1) is 9.85. The summed E-state index contributed by atoms with van der Waals surface area (Å²) in [6.45, 7) is 4.01. The molecule has 116 valence electrons. The van der Waals surface area contributed by atoms with Gasteiger partial charge in [0.25, 0.3) is 0 Å². The van der Waals surface area contributed by atoms with Crippen LogP contribution in [0, 0.1) is 0 Å². The zero-order valence-electron chi connectivity index (χ0n) is 12.4. The number of fused-ring (bicyclic) bond motifs is 1. The van der Waals surface area contributed by atoms with Gasteiger partial charge in [0.15, 0.2) is 0 Å². The molecular weight excluding hydrogens is 292 g/mol. The first-order valence-corrected chi connectivity index (χ1v) is 8.39. The summed E-state index contributed by atoms with van der Waals surface area (Å²) in [6.07, 6.45) is 0.976. The number of nitrogens with one attached hydrogen (secondary N) is 1. The topological polar surface area (TPSA) is 75.7 Å². The zero-order valence-corrected chi connectivity index (χ0v) is 13.2. The summed E-state index contributed by atoms with van der Waals surface area (Å²) >= 11 is 0. The molecule has 2 rings (SSSR count). The van der Waals surface area contributed by atoms with E-state index in [9.17, 15) is 13.2 Å². The van der Waals surface area contributed by atoms with Crippen molar-refractivity contribution in [3.8, 4) is 5.75 Å². The van der Waals surface area contributed by atoms with Crippen LogP contribution in [-0.2, 0) is 14.8 Å². The van der Waals surface area contributed by atoms with Crippen LogP contribution in [0.25, 0.3) is 0 Å². The van der Waals surface area contributed by atoms with Gasteiger partial charge in [-0.15, -0.1) is 0 Å². The molecule has 0 spiro atoms. The first-order valence-electron chi connectivity index (χ1n) is 6.91. The van der Waals surface area contributed by atoms with Gasteiger partial charge in [-0.2, -0.15) is 0 Å². The lowest BCUT2D eigenvalue weighted by atomic mass is 10.2. The lowest BCUT2D eigenvalue weighted by Crippen LogP contribution is -2.32. The monoisotopic (exact) mass is 312 g/mol. The third-order valence-electron chi connectivity index (χ3n) is 3.52. The van der Waals surface area contributed by atoms with Crippen LogP contribution in [0.4, 0.5) is 5.69 Å². The highest BCUT2D eigenvalue weighted by molar-refractivity contribution is 7.89. The highest BCUT2D eigenvalue weighted by Crippen LogP contribution is 2.32. The SMILES string of the molecule is CCC(C)NS(=O)(=O)c1ccc2c(c1)N(C)C(=O)CCO2. The second-order valence-electron chi connectivity index (χ2n) is 5.11. The minimum Gasteiger partial charge on any atom is -0.491 e. The summed E-state index contributed by atoms with van der Waals surface area (Å²) in [5.41, 5.74) is 0.476. The summed E-state index contributed by atoms with van der Waals surface area (Å²) in [6, 6.07) is 4.41. The van der Waals surface area contributed by atoms with E-state index in [1.807, 2.05) is 6.92 Å². The molecule has 0 aromatic heterocycles. The maximum Gasteiger partial charge on any atom is 0.240 e. The van der Waals surface area contributed by atoms with Gasteiger partial charge >= 0.3 is 0 Å². The molecular formula is C14H20N2O4S. The van der Waals surface area contributed by atoms with Crippen molar-refractivity contribution in [3.05, 3.63) is 18.2 Å². The van der Waals surface area contributed by atoms with Crippen molar-refractivity contribution in [1.82, 2.24) is 4.72 Å². The van der Waals surface area contributed by atoms with E-state index in [0.29, 0.717) is 24.5 Å². The molecule has 0 fully saturated rings. The van der Waals surface area contributed by atoms with Gasteiger partial charge in [-0.1, -0.05) is 6.92 Å². The van der Waals surface area contributed by atoms with Gasteiger partial charge in [0.2, 0.25) is 15.9 Å². The van der Waals surface area contributed by atoms with E-state index in [1.54, 1.807) is 20.0 Å². The molecule has 1 aliphatic heterocycles. The maximum absolute atomic E-state index is 12.3. The molecule has 1 heterocycles. The predicted octanol–water partition coefficient (Wildman–Crippen LogP) is 1.51. The van der Waals surface area contributed by atoms with Crippen LogP contribution in [0.5, 0.6) is 5.75 Å². The lowest BCUT2D eigenvalue weighted by Gasteiger charge is -2.18. The Morgan fingerprint density at radius 3 is 2.81 bits per heavy atom. The molecule has 0 radical (unpaired) electrons. The highest BCUT2D eigenvalue weighted by Gasteiger charge is 2.24. The number of rotatable bonds is 4. The number of hydrogen-bond acceptors (Lipinski definition) is 4. The Morgan fingerprint density at radius 1 is 1.43 bits per heavy atom. The third-order valence-corrected chi connectivity index (χ3v) is 5.11. The van der Waals surface area contributed by atoms with Crippen molar-refractivity contribution in [2.24, 2.45) is 0 Å². The highest BCUT2D eigenvalue weighted by atomic mass is 32.2. The molecule has 0 saturated heterocycles. The molecule has 1 amide bonds. The summed E-state index contributed by atoms with van der Waals surface area (Å²) < 4.78 is 32.7. The number of amides is 1. The largest absolute Gasteiger partial charge is 0.491 e. The normalized spacial score (nSPS) is 16.9. The molecule has 0 saturated carbocycles. The Labute approximate surface area is 125 Å². The number of nitrogens with zero attached hydrogens (tertiary/aromatic N) is 1. The fourth-order valence-corrected chi connectivity index (χ4v) is 3.36. The quantitative estimate of drug-likeness (QED) is 0.914. The molecule has 21 heavy (non-hydrogen) atoms. The van der Waals surface area contributed by atoms with Crippen LogP contribution in [-0.4, -0.2) is 34.0 Å². The van der Waals surface area contributed by atoms with E-state index in [4.69, 9.17) is 4.74 Å². The number of ether oxygens (including phenoxy) is 1. The first kappa shape index (κ1) is 15.8. The van der Waals surface area contributed by atoms with Crippen LogP contribution in [0.3, 0.4) is 0 Å². The zero-order chi connectivity index (χ0) is 15.6. The van der Waals surface area contributed by atoms with Gasteiger partial charge in [0.1, 0.15) is 5.75 Å². The number of hydrogen-bond donors (Lipinski definition) is 1. The molecule has 0 aliphatic carbocycles. The second kappa shape index (κ2) is 6.03. The van der Waals surface area contributed by atoms with Gasteiger partial charge in [0.05, 0.1) is 23.6 Å². The molecule has 1 unspecified atom stereocenters. The van der Waals surface area contributed by atoms with Gasteiger partial charge in [-0.25, -0.2) is 13.1 Å². The fourth-order valence-electron chi connectivity index (χ4n) is 2.02. The van der Waals surface area contributed by atoms with Crippen molar-refractivity contribution in [2.75, 3.05) is 18.6 Å². The van der Waals surface area contributed by atoms with Crippen LogP contribution in [0.15, 0.2) is 23.1 Å². The molecule has 1 aromatic carbocycles. The molecule has 7 heteroatoms. The van der Waals surface area contributed by atoms with Gasteiger partial charge in [-0.3, -0.25) is 4.79 Å². The van der Waals surface area contributed by atoms with Crippen LogP contribution in [0.1, 0.15) is 26.7 Å². The van der Waals surface area contributed by atoms with E-state index in [-0.39, 0.29) is 23.3 Å². The minimum atomic E-state index is -3.60. The van der Waals surface area contributed by atoms with Gasteiger partial charge in [-0.05, 0) is 31.5 Å². The number of sulfonamides is 1. The van der Waals surface area contributed by atoms with Gasteiger partial charge in [0, 0.05) is 13.1 Å². The Bertz CT molecular complexity index is 642. The number of anilines is 1. The summed E-state index contributed by atoms with van der Waals surface area (Å²) in [5, 5.41) is 0. The van der Waals surface area contributed by atoms with Crippen LogP contribution >= 0.6 is 0 Å². The Hall–Kier alpha value is -1.60. The van der Waals surface area contributed by atoms with E-state index in [0.717, 1.165) is 0 Å². The van der Waals surface area contributed by atoms with Crippen molar-refractivity contribution in [3.63, 3.8) is 0 Å². The average Bonchev–Trinajstić information content (AvgIpc) is 2.58. The van der Waals surface area contributed by atoms with E-state index < -0.39 is 10.0 Å². The molecule has 1 atom stereocenters. The number of benzene rings is 1. The molecule has 0 bridgehead atoms. The fraction of sp³-hybridized carbons (Fsp3) is 0.500. The molecule has 6 nitrogen and oxygen atoms in total.